The molecule has 0 aromatic heterocycles. The molecule has 1 rings (SSSR count). The molecule has 0 aliphatic rings. The van der Waals surface area contributed by atoms with Crippen LogP contribution in [0.3, 0.4) is 0 Å². The average Bonchev–Trinajstić information content (AvgIpc) is 2.52. The Hall–Kier alpha value is -2.28. The van der Waals surface area contributed by atoms with E-state index in [0.717, 1.165) is 6.42 Å². The van der Waals surface area contributed by atoms with E-state index in [1.54, 1.807) is 24.3 Å². The summed E-state index contributed by atoms with van der Waals surface area (Å²) in [5.41, 5.74) is -1.31. The highest BCUT2D eigenvalue weighted by molar-refractivity contribution is 6.30. The molecule has 0 heterocycles. The van der Waals surface area contributed by atoms with E-state index in [-0.39, 0.29) is 0 Å². The molecular weight excluding hydrogens is 336 g/mol. The molecule has 132 valence electrons. The van der Waals surface area contributed by atoms with Gasteiger partial charge in [-0.2, -0.15) is 0 Å². The van der Waals surface area contributed by atoms with Gasteiger partial charge in [-0.1, -0.05) is 18.5 Å². The van der Waals surface area contributed by atoms with Gasteiger partial charge in [0.2, 0.25) is 0 Å². The van der Waals surface area contributed by atoms with E-state index >= 15 is 0 Å². The first-order chi connectivity index (χ1) is 11.2. The number of ether oxygens (including phenoxy) is 2. The molecule has 0 atom stereocenters. The molecule has 0 saturated heterocycles. The standard InChI is InChI=1S/C16H21ClN2O5/c1-4-9-18-15(22)19-13(20)10-23-14(21)16(2,3)24-12-7-5-11(17)6-8-12/h5-8H,4,9-10H2,1-3H3,(H2,18,19,20,22). The second-order valence-corrected chi connectivity index (χ2v) is 5.88. The third-order valence-electron chi connectivity index (χ3n) is 2.80. The molecule has 1 aromatic carbocycles. The number of imide groups is 1. The molecular formula is C16H21ClN2O5. The van der Waals surface area contributed by atoms with Crippen molar-refractivity contribution < 1.29 is 23.9 Å². The topological polar surface area (TPSA) is 93.7 Å². The van der Waals surface area contributed by atoms with E-state index < -0.39 is 30.1 Å². The molecule has 0 fully saturated rings. The van der Waals surface area contributed by atoms with E-state index in [1.807, 2.05) is 6.92 Å². The Kier molecular flexibility index (Phi) is 7.51. The number of benzene rings is 1. The van der Waals surface area contributed by atoms with Crippen molar-refractivity contribution in [1.82, 2.24) is 10.6 Å². The predicted octanol–water partition coefficient (Wildman–Crippen LogP) is 2.28. The lowest BCUT2D eigenvalue weighted by molar-refractivity contribution is -0.161. The predicted molar refractivity (Wildman–Crippen MR) is 89.0 cm³/mol. The summed E-state index contributed by atoms with van der Waals surface area (Å²) in [4.78, 5) is 34.9. The molecule has 0 saturated carbocycles. The van der Waals surface area contributed by atoms with Gasteiger partial charge in [-0.25, -0.2) is 9.59 Å². The molecule has 0 bridgehead atoms. The Balaban J connectivity index is 2.46. The molecule has 0 aliphatic heterocycles. The SMILES string of the molecule is CCCNC(=O)NC(=O)COC(=O)C(C)(C)Oc1ccc(Cl)cc1. The highest BCUT2D eigenvalue weighted by Crippen LogP contribution is 2.21. The van der Waals surface area contributed by atoms with Crippen LogP contribution in [0.5, 0.6) is 5.75 Å². The minimum atomic E-state index is -1.31. The first-order valence-electron chi connectivity index (χ1n) is 7.44. The quantitative estimate of drug-likeness (QED) is 0.731. The largest absolute Gasteiger partial charge is 0.476 e. The van der Waals surface area contributed by atoms with Crippen LogP contribution in [0.4, 0.5) is 4.79 Å². The lowest BCUT2D eigenvalue weighted by Crippen LogP contribution is -2.44. The monoisotopic (exact) mass is 356 g/mol. The highest BCUT2D eigenvalue weighted by Gasteiger charge is 2.32. The summed E-state index contributed by atoms with van der Waals surface area (Å²) < 4.78 is 10.4. The fourth-order valence-electron chi connectivity index (χ4n) is 1.59. The van der Waals surface area contributed by atoms with Gasteiger partial charge in [0.1, 0.15) is 5.75 Å². The summed E-state index contributed by atoms with van der Waals surface area (Å²) in [5.74, 6) is -1.02. The van der Waals surface area contributed by atoms with Crippen LogP contribution >= 0.6 is 11.6 Å². The van der Waals surface area contributed by atoms with Crippen molar-refractivity contribution in [3.63, 3.8) is 0 Å². The summed E-state index contributed by atoms with van der Waals surface area (Å²) in [6.45, 7) is 4.77. The first-order valence-corrected chi connectivity index (χ1v) is 7.82. The highest BCUT2D eigenvalue weighted by atomic mass is 35.5. The van der Waals surface area contributed by atoms with Crippen LogP contribution < -0.4 is 15.4 Å². The molecule has 24 heavy (non-hydrogen) atoms. The van der Waals surface area contributed by atoms with Crippen LogP contribution in [0.15, 0.2) is 24.3 Å². The Morgan fingerprint density at radius 1 is 1.17 bits per heavy atom. The van der Waals surface area contributed by atoms with Crippen LogP contribution in [0.1, 0.15) is 27.2 Å². The summed E-state index contributed by atoms with van der Waals surface area (Å²) in [7, 11) is 0. The van der Waals surface area contributed by atoms with Gasteiger partial charge in [-0.15, -0.1) is 0 Å². The minimum absolute atomic E-state index is 0.435. The Bertz CT molecular complexity index is 587. The van der Waals surface area contributed by atoms with E-state index in [1.165, 1.54) is 13.8 Å². The molecule has 2 N–H and O–H groups in total. The van der Waals surface area contributed by atoms with Gasteiger partial charge in [0.15, 0.2) is 12.2 Å². The van der Waals surface area contributed by atoms with E-state index in [4.69, 9.17) is 21.1 Å². The molecule has 7 nitrogen and oxygen atoms in total. The second-order valence-electron chi connectivity index (χ2n) is 5.45. The molecule has 3 amide bonds. The maximum absolute atomic E-state index is 12.0. The second kappa shape index (κ2) is 9.12. The van der Waals surface area contributed by atoms with Crippen molar-refractivity contribution in [2.45, 2.75) is 32.8 Å². The third kappa shape index (κ3) is 6.87. The summed E-state index contributed by atoms with van der Waals surface area (Å²) in [6.07, 6.45) is 0.743. The van der Waals surface area contributed by atoms with Gasteiger partial charge in [-0.3, -0.25) is 10.1 Å². The number of rotatable bonds is 7. The zero-order valence-electron chi connectivity index (χ0n) is 13.8. The molecule has 0 radical (unpaired) electrons. The number of urea groups is 1. The zero-order valence-corrected chi connectivity index (χ0v) is 14.6. The molecule has 0 aliphatic carbocycles. The van der Waals surface area contributed by atoms with E-state index in [0.29, 0.717) is 17.3 Å². The number of hydrogen-bond acceptors (Lipinski definition) is 5. The van der Waals surface area contributed by atoms with Gasteiger partial charge >= 0.3 is 12.0 Å². The maximum Gasteiger partial charge on any atom is 0.350 e. The fourth-order valence-corrected chi connectivity index (χ4v) is 1.72. The van der Waals surface area contributed by atoms with Gasteiger partial charge < -0.3 is 14.8 Å². The maximum atomic E-state index is 12.0. The summed E-state index contributed by atoms with van der Waals surface area (Å²) in [5, 5.41) is 5.07. The van der Waals surface area contributed by atoms with Crippen molar-refractivity contribution in [2.24, 2.45) is 0 Å². The normalized spacial score (nSPS) is 10.7. The first kappa shape index (κ1) is 19.8. The molecule has 0 unspecified atom stereocenters. The number of esters is 1. The van der Waals surface area contributed by atoms with Crippen LogP contribution in [0, 0.1) is 0 Å². The number of amides is 3. The number of halogens is 1. The van der Waals surface area contributed by atoms with Crippen LogP contribution in [0.2, 0.25) is 5.02 Å². The van der Waals surface area contributed by atoms with Crippen molar-refractivity contribution in [3.05, 3.63) is 29.3 Å². The molecule has 8 heteroatoms. The molecule has 0 spiro atoms. The van der Waals surface area contributed by atoms with Gasteiger partial charge in [-0.05, 0) is 44.5 Å². The molecule has 1 aromatic rings. The van der Waals surface area contributed by atoms with Crippen molar-refractivity contribution in [3.8, 4) is 5.75 Å². The van der Waals surface area contributed by atoms with Gasteiger partial charge in [0, 0.05) is 11.6 Å². The zero-order chi connectivity index (χ0) is 18.2. The number of hydrogen-bond donors (Lipinski definition) is 2. The smallest absolute Gasteiger partial charge is 0.350 e. The Morgan fingerprint density at radius 3 is 2.38 bits per heavy atom. The lowest BCUT2D eigenvalue weighted by atomic mass is 10.1. The average molecular weight is 357 g/mol. The Labute approximate surface area is 145 Å². The number of nitrogens with one attached hydrogen (secondary N) is 2. The Morgan fingerprint density at radius 2 is 1.79 bits per heavy atom. The van der Waals surface area contributed by atoms with Crippen LogP contribution in [0.25, 0.3) is 0 Å². The summed E-state index contributed by atoms with van der Waals surface area (Å²) in [6, 6.07) is 5.85. The number of carbonyl (C=O) groups is 3. The lowest BCUT2D eigenvalue weighted by Gasteiger charge is -2.24. The van der Waals surface area contributed by atoms with Crippen LogP contribution in [-0.4, -0.2) is 36.7 Å². The van der Waals surface area contributed by atoms with Crippen molar-refractivity contribution >= 4 is 29.5 Å². The van der Waals surface area contributed by atoms with Crippen LogP contribution in [-0.2, 0) is 14.3 Å². The summed E-state index contributed by atoms with van der Waals surface area (Å²) >= 11 is 5.78. The fraction of sp³-hybridized carbons (Fsp3) is 0.438. The van der Waals surface area contributed by atoms with Gasteiger partial charge in [0.05, 0.1) is 0 Å². The van der Waals surface area contributed by atoms with E-state index in [2.05, 4.69) is 10.6 Å². The van der Waals surface area contributed by atoms with Crippen molar-refractivity contribution in [2.75, 3.05) is 13.2 Å². The number of carbonyl (C=O) groups excluding carboxylic acids is 3. The van der Waals surface area contributed by atoms with Gasteiger partial charge in [0.25, 0.3) is 5.91 Å². The van der Waals surface area contributed by atoms with Crippen molar-refractivity contribution in [1.29, 1.82) is 0 Å². The third-order valence-corrected chi connectivity index (χ3v) is 3.05. The van der Waals surface area contributed by atoms with E-state index in [9.17, 15) is 14.4 Å². The minimum Gasteiger partial charge on any atom is -0.476 e.